The Bertz CT molecular complexity index is 800. The molecule has 2 amide bonds. The monoisotopic (exact) mass is 354 g/mol. The third kappa shape index (κ3) is 4.75. The number of fused-ring (bicyclic) bond motifs is 1. The fourth-order valence-corrected chi connectivity index (χ4v) is 2.71. The maximum Gasteiger partial charge on any atom is 0.231 e. The molecule has 0 aromatic heterocycles. The van der Waals surface area contributed by atoms with Gasteiger partial charge in [0, 0.05) is 11.7 Å². The van der Waals surface area contributed by atoms with Crippen molar-refractivity contribution in [3.05, 3.63) is 53.6 Å². The summed E-state index contributed by atoms with van der Waals surface area (Å²) < 4.78 is 10.6. The van der Waals surface area contributed by atoms with Crippen LogP contribution in [0.5, 0.6) is 11.5 Å². The lowest BCUT2D eigenvalue weighted by molar-refractivity contribution is -0.121. The van der Waals surface area contributed by atoms with Crippen LogP contribution in [0.2, 0.25) is 0 Å². The molecule has 0 aliphatic carbocycles. The van der Waals surface area contributed by atoms with Gasteiger partial charge in [0.25, 0.3) is 0 Å². The molecule has 2 aromatic carbocycles. The Morgan fingerprint density at radius 3 is 2.31 bits per heavy atom. The summed E-state index contributed by atoms with van der Waals surface area (Å²) in [6.07, 6.45) is 0.568. The smallest absolute Gasteiger partial charge is 0.231 e. The molecule has 0 unspecified atom stereocenters. The van der Waals surface area contributed by atoms with E-state index < -0.39 is 0 Å². The van der Waals surface area contributed by atoms with Crippen LogP contribution in [-0.2, 0) is 22.4 Å². The van der Waals surface area contributed by atoms with Crippen molar-refractivity contribution in [3.8, 4) is 11.5 Å². The van der Waals surface area contributed by atoms with Crippen LogP contribution < -0.4 is 20.1 Å². The van der Waals surface area contributed by atoms with E-state index in [1.165, 1.54) is 0 Å². The van der Waals surface area contributed by atoms with Crippen molar-refractivity contribution in [2.75, 3.05) is 12.1 Å². The molecule has 6 heteroatoms. The molecule has 26 heavy (non-hydrogen) atoms. The summed E-state index contributed by atoms with van der Waals surface area (Å²) >= 11 is 0. The van der Waals surface area contributed by atoms with Gasteiger partial charge in [-0.15, -0.1) is 0 Å². The van der Waals surface area contributed by atoms with E-state index in [1.807, 2.05) is 44.2 Å². The number of benzene rings is 2. The first-order valence-electron chi connectivity index (χ1n) is 8.56. The molecule has 2 N–H and O–H groups in total. The van der Waals surface area contributed by atoms with Crippen LogP contribution in [0.15, 0.2) is 42.5 Å². The zero-order chi connectivity index (χ0) is 18.5. The number of nitrogens with one attached hydrogen (secondary N) is 2. The second kappa shape index (κ2) is 7.91. The van der Waals surface area contributed by atoms with Crippen molar-refractivity contribution in [1.29, 1.82) is 0 Å². The van der Waals surface area contributed by atoms with Gasteiger partial charge in [0.1, 0.15) is 0 Å². The summed E-state index contributed by atoms with van der Waals surface area (Å²) in [5.41, 5.74) is 2.45. The van der Waals surface area contributed by atoms with Gasteiger partial charge in [-0.05, 0) is 49.2 Å². The Morgan fingerprint density at radius 1 is 0.923 bits per heavy atom. The van der Waals surface area contributed by atoms with E-state index in [-0.39, 0.29) is 31.1 Å². The molecule has 0 fully saturated rings. The molecule has 0 spiro atoms. The van der Waals surface area contributed by atoms with Crippen LogP contribution in [0.25, 0.3) is 0 Å². The van der Waals surface area contributed by atoms with E-state index in [9.17, 15) is 9.59 Å². The number of carbonyl (C=O) groups is 2. The van der Waals surface area contributed by atoms with E-state index in [1.54, 1.807) is 12.1 Å². The predicted octanol–water partition coefficient (Wildman–Crippen LogP) is 2.66. The molecule has 2 aromatic rings. The molecule has 0 atom stereocenters. The van der Waals surface area contributed by atoms with E-state index in [4.69, 9.17) is 9.47 Å². The molecule has 136 valence electrons. The summed E-state index contributed by atoms with van der Waals surface area (Å²) in [6.45, 7) is 4.07. The van der Waals surface area contributed by atoms with Gasteiger partial charge in [-0.3, -0.25) is 9.59 Å². The van der Waals surface area contributed by atoms with Crippen LogP contribution >= 0.6 is 0 Å². The summed E-state index contributed by atoms with van der Waals surface area (Å²) in [5.74, 6) is 1.24. The van der Waals surface area contributed by atoms with Crippen LogP contribution in [0.4, 0.5) is 5.69 Å². The van der Waals surface area contributed by atoms with Crippen LogP contribution in [0.1, 0.15) is 25.0 Å². The van der Waals surface area contributed by atoms with Gasteiger partial charge in [0.2, 0.25) is 18.6 Å². The standard InChI is InChI=1S/C20H22N2O4/c1-13(2)21-19(23)10-14-3-6-16(7-4-14)22-20(24)11-15-5-8-17-18(9-15)26-12-25-17/h3-9,13H,10-12H2,1-2H3,(H,21,23)(H,22,24). The Labute approximate surface area is 152 Å². The minimum absolute atomic E-state index is 0.0143. The van der Waals surface area contributed by atoms with E-state index >= 15 is 0 Å². The Morgan fingerprint density at radius 2 is 1.58 bits per heavy atom. The number of hydrogen-bond donors (Lipinski definition) is 2. The highest BCUT2D eigenvalue weighted by atomic mass is 16.7. The van der Waals surface area contributed by atoms with E-state index in [0.29, 0.717) is 23.6 Å². The van der Waals surface area contributed by atoms with Gasteiger partial charge < -0.3 is 20.1 Å². The third-order valence-electron chi connectivity index (χ3n) is 3.85. The summed E-state index contributed by atoms with van der Waals surface area (Å²) in [5, 5.41) is 5.71. The van der Waals surface area contributed by atoms with Gasteiger partial charge in [0.15, 0.2) is 11.5 Å². The maximum absolute atomic E-state index is 12.2. The zero-order valence-corrected chi connectivity index (χ0v) is 14.9. The van der Waals surface area contributed by atoms with Crippen molar-refractivity contribution in [3.63, 3.8) is 0 Å². The number of carbonyl (C=O) groups excluding carboxylic acids is 2. The van der Waals surface area contributed by atoms with E-state index in [2.05, 4.69) is 10.6 Å². The topological polar surface area (TPSA) is 76.7 Å². The Balaban J connectivity index is 1.53. The molecular formula is C20H22N2O4. The predicted molar refractivity (Wildman–Crippen MR) is 98.3 cm³/mol. The molecule has 1 aliphatic rings. The molecule has 0 radical (unpaired) electrons. The van der Waals surface area contributed by atoms with Crippen molar-refractivity contribution < 1.29 is 19.1 Å². The van der Waals surface area contributed by atoms with Gasteiger partial charge in [-0.1, -0.05) is 18.2 Å². The largest absolute Gasteiger partial charge is 0.454 e. The minimum Gasteiger partial charge on any atom is -0.454 e. The van der Waals surface area contributed by atoms with Crippen molar-refractivity contribution in [1.82, 2.24) is 5.32 Å². The average molecular weight is 354 g/mol. The molecule has 6 nitrogen and oxygen atoms in total. The lowest BCUT2D eigenvalue weighted by Gasteiger charge is -2.09. The maximum atomic E-state index is 12.2. The van der Waals surface area contributed by atoms with Crippen LogP contribution in [0, 0.1) is 0 Å². The van der Waals surface area contributed by atoms with Gasteiger partial charge in [-0.25, -0.2) is 0 Å². The first-order valence-corrected chi connectivity index (χ1v) is 8.56. The van der Waals surface area contributed by atoms with Crippen molar-refractivity contribution in [2.24, 2.45) is 0 Å². The molecule has 0 bridgehead atoms. The number of hydrogen-bond acceptors (Lipinski definition) is 4. The van der Waals surface area contributed by atoms with Gasteiger partial charge in [0.05, 0.1) is 12.8 Å². The molecular weight excluding hydrogens is 332 g/mol. The fourth-order valence-electron chi connectivity index (χ4n) is 2.71. The molecule has 3 rings (SSSR count). The first kappa shape index (κ1) is 17.8. The third-order valence-corrected chi connectivity index (χ3v) is 3.85. The number of rotatable bonds is 6. The molecule has 1 aliphatic heterocycles. The SMILES string of the molecule is CC(C)NC(=O)Cc1ccc(NC(=O)Cc2ccc3c(c2)OCO3)cc1. The quantitative estimate of drug-likeness (QED) is 0.836. The lowest BCUT2D eigenvalue weighted by Crippen LogP contribution is -2.31. The first-order chi connectivity index (χ1) is 12.5. The fraction of sp³-hybridized carbons (Fsp3) is 0.300. The summed E-state index contributed by atoms with van der Waals surface area (Å²) in [7, 11) is 0. The van der Waals surface area contributed by atoms with Crippen molar-refractivity contribution in [2.45, 2.75) is 32.7 Å². The van der Waals surface area contributed by atoms with E-state index in [0.717, 1.165) is 11.1 Å². The summed E-state index contributed by atoms with van der Waals surface area (Å²) in [6, 6.07) is 12.9. The highest BCUT2D eigenvalue weighted by molar-refractivity contribution is 5.92. The number of amides is 2. The minimum atomic E-state index is -0.117. The molecule has 0 saturated carbocycles. The number of anilines is 1. The highest BCUT2D eigenvalue weighted by Gasteiger charge is 2.14. The Kier molecular flexibility index (Phi) is 5.41. The lowest BCUT2D eigenvalue weighted by atomic mass is 10.1. The van der Waals surface area contributed by atoms with Crippen molar-refractivity contribution >= 4 is 17.5 Å². The normalized spacial score (nSPS) is 12.1. The van der Waals surface area contributed by atoms with Crippen LogP contribution in [0.3, 0.4) is 0 Å². The zero-order valence-electron chi connectivity index (χ0n) is 14.9. The van der Waals surface area contributed by atoms with Crippen LogP contribution in [-0.4, -0.2) is 24.6 Å². The van der Waals surface area contributed by atoms with Gasteiger partial charge in [-0.2, -0.15) is 0 Å². The second-order valence-electron chi connectivity index (χ2n) is 6.51. The Hall–Kier alpha value is -3.02. The second-order valence-corrected chi connectivity index (χ2v) is 6.51. The summed E-state index contributed by atoms with van der Waals surface area (Å²) in [4.78, 5) is 24.0. The average Bonchev–Trinajstić information content (AvgIpc) is 3.03. The molecule has 0 saturated heterocycles. The number of ether oxygens (including phenoxy) is 2. The highest BCUT2D eigenvalue weighted by Crippen LogP contribution is 2.32. The molecule has 1 heterocycles. The van der Waals surface area contributed by atoms with Gasteiger partial charge >= 0.3 is 0 Å².